The Kier molecular flexibility index (Phi) is 5.62. The molecule has 4 rings (SSSR count). The zero-order chi connectivity index (χ0) is 19.9. The van der Waals surface area contributed by atoms with E-state index in [2.05, 4.69) is 27.3 Å². The van der Waals surface area contributed by atoms with Gasteiger partial charge in [0, 0.05) is 4.47 Å². The summed E-state index contributed by atoms with van der Waals surface area (Å²) < 4.78 is 12.6. The Morgan fingerprint density at radius 1 is 1.11 bits per heavy atom. The minimum Gasteiger partial charge on any atom is -0.476 e. The Labute approximate surface area is 186 Å². The summed E-state index contributed by atoms with van der Waals surface area (Å²) in [5.74, 6) is 0.528. The van der Waals surface area contributed by atoms with Gasteiger partial charge in [0.05, 0.1) is 15.1 Å². The molecule has 0 saturated heterocycles. The van der Waals surface area contributed by atoms with Gasteiger partial charge in [-0.1, -0.05) is 53.9 Å². The summed E-state index contributed by atoms with van der Waals surface area (Å²) in [7, 11) is 0. The molecule has 0 bridgehead atoms. The average Bonchev–Trinajstić information content (AvgIpc) is 3.34. The van der Waals surface area contributed by atoms with Crippen LogP contribution < -0.4 is 0 Å². The maximum atomic E-state index is 6.23. The van der Waals surface area contributed by atoms with Crippen molar-refractivity contribution in [1.82, 2.24) is 0 Å². The minimum absolute atomic E-state index is 0.158. The van der Waals surface area contributed by atoms with Crippen molar-refractivity contribution in [3.63, 3.8) is 0 Å². The first kappa shape index (κ1) is 20.0. The molecular weight excluding hydrogens is 486 g/mol. The third-order valence-electron chi connectivity index (χ3n) is 4.98. The average molecular weight is 502 g/mol. The molecule has 0 amide bonds. The molecule has 2 aromatic carbocycles. The van der Waals surface area contributed by atoms with E-state index in [1.54, 1.807) is 12.1 Å². The number of nitrogens with zero attached hydrogens (tertiary/aromatic N) is 2. The number of hydrogen-bond acceptors (Lipinski definition) is 4. The molecular formula is C20H15BrCl3N2O2. The van der Waals surface area contributed by atoms with Crippen LogP contribution in [0.5, 0.6) is 0 Å². The third kappa shape index (κ3) is 3.43. The van der Waals surface area contributed by atoms with E-state index in [0.29, 0.717) is 34.0 Å². The highest BCUT2D eigenvalue weighted by molar-refractivity contribution is 9.10. The Bertz CT molecular complexity index is 982. The SMILES string of the molecule is CCC1(C2=NC(c3ccc(Br)c(Cl)c3)CO2)N=[C]OC1c1ccc(Cl)c(Cl)c1. The lowest BCUT2D eigenvalue weighted by molar-refractivity contribution is 0.157. The van der Waals surface area contributed by atoms with Crippen LogP contribution >= 0.6 is 50.7 Å². The molecule has 4 nitrogen and oxygen atoms in total. The Morgan fingerprint density at radius 2 is 1.86 bits per heavy atom. The molecule has 3 unspecified atom stereocenters. The van der Waals surface area contributed by atoms with Crippen LogP contribution in [0.25, 0.3) is 0 Å². The zero-order valence-electron chi connectivity index (χ0n) is 14.8. The predicted octanol–water partition coefficient (Wildman–Crippen LogP) is 6.70. The maximum absolute atomic E-state index is 6.23. The van der Waals surface area contributed by atoms with E-state index >= 15 is 0 Å². The first-order valence-corrected chi connectivity index (χ1v) is 10.6. The molecule has 145 valence electrons. The zero-order valence-corrected chi connectivity index (χ0v) is 18.6. The fourth-order valence-electron chi connectivity index (χ4n) is 3.41. The van der Waals surface area contributed by atoms with Crippen molar-refractivity contribution in [2.45, 2.75) is 31.0 Å². The molecule has 0 aliphatic carbocycles. The second-order valence-electron chi connectivity index (χ2n) is 6.59. The van der Waals surface area contributed by atoms with E-state index in [1.165, 1.54) is 0 Å². The number of rotatable bonds is 4. The summed E-state index contributed by atoms with van der Waals surface area (Å²) in [6.45, 7) is 2.43. The van der Waals surface area contributed by atoms with Gasteiger partial charge in [0.25, 0.3) is 6.40 Å². The Morgan fingerprint density at radius 3 is 2.57 bits per heavy atom. The number of ether oxygens (including phenoxy) is 2. The van der Waals surface area contributed by atoms with E-state index in [0.717, 1.165) is 15.6 Å². The third-order valence-corrected chi connectivity index (χ3v) is 6.96. The molecule has 3 atom stereocenters. The molecule has 0 spiro atoms. The quantitative estimate of drug-likeness (QED) is 0.468. The normalized spacial score (nSPS) is 26.1. The van der Waals surface area contributed by atoms with Crippen LogP contribution in [0.15, 0.2) is 50.9 Å². The van der Waals surface area contributed by atoms with Crippen molar-refractivity contribution in [2.75, 3.05) is 6.61 Å². The summed E-state index contributed by atoms with van der Waals surface area (Å²) in [6.07, 6.45) is 2.83. The fraction of sp³-hybridized carbons (Fsp3) is 0.300. The molecule has 0 aromatic heterocycles. The van der Waals surface area contributed by atoms with Crippen LogP contribution in [0.3, 0.4) is 0 Å². The maximum Gasteiger partial charge on any atom is 0.275 e. The van der Waals surface area contributed by atoms with Gasteiger partial charge in [0.1, 0.15) is 12.6 Å². The fourth-order valence-corrected chi connectivity index (χ4v) is 4.15. The van der Waals surface area contributed by atoms with Crippen LogP contribution in [0, 0.1) is 0 Å². The lowest BCUT2D eigenvalue weighted by Gasteiger charge is -2.29. The molecule has 2 aromatic rings. The van der Waals surface area contributed by atoms with Crippen LogP contribution in [0.2, 0.25) is 15.1 Å². The number of benzene rings is 2. The van der Waals surface area contributed by atoms with Crippen molar-refractivity contribution in [2.24, 2.45) is 9.98 Å². The highest BCUT2D eigenvalue weighted by Gasteiger charge is 2.51. The molecule has 2 heterocycles. The molecule has 0 N–H and O–H groups in total. The van der Waals surface area contributed by atoms with E-state index in [-0.39, 0.29) is 6.04 Å². The highest BCUT2D eigenvalue weighted by Crippen LogP contribution is 2.44. The van der Waals surface area contributed by atoms with Crippen molar-refractivity contribution in [1.29, 1.82) is 0 Å². The van der Waals surface area contributed by atoms with E-state index in [9.17, 15) is 0 Å². The summed E-state index contributed by atoms with van der Waals surface area (Å²) in [4.78, 5) is 9.32. The van der Waals surface area contributed by atoms with Crippen LogP contribution in [-0.2, 0) is 9.47 Å². The van der Waals surface area contributed by atoms with E-state index in [1.807, 2.05) is 31.2 Å². The lowest BCUT2D eigenvalue weighted by Crippen LogP contribution is -2.40. The van der Waals surface area contributed by atoms with Crippen molar-refractivity contribution < 1.29 is 9.47 Å². The topological polar surface area (TPSA) is 43.2 Å². The summed E-state index contributed by atoms with van der Waals surface area (Å²) in [5, 5.41) is 1.57. The molecule has 2 aliphatic rings. The highest BCUT2D eigenvalue weighted by atomic mass is 79.9. The second kappa shape index (κ2) is 7.86. The van der Waals surface area contributed by atoms with Gasteiger partial charge < -0.3 is 9.47 Å². The van der Waals surface area contributed by atoms with Gasteiger partial charge in [0.15, 0.2) is 11.6 Å². The van der Waals surface area contributed by atoms with Gasteiger partial charge in [-0.15, -0.1) is 0 Å². The second-order valence-corrected chi connectivity index (χ2v) is 8.66. The Hall–Kier alpha value is -1.27. The smallest absolute Gasteiger partial charge is 0.275 e. The van der Waals surface area contributed by atoms with Gasteiger partial charge in [-0.2, -0.15) is 0 Å². The summed E-state index contributed by atoms with van der Waals surface area (Å²) in [6, 6.07) is 11.0. The largest absolute Gasteiger partial charge is 0.476 e. The standard InChI is InChI=1S/C20H15BrCl3N2O2/c1-2-20(18(28-10-25-20)12-4-6-14(22)16(24)8-12)19-26-17(9-27-19)11-3-5-13(21)15(23)7-11/h3-8,17-18H,2,9H2,1H3. The molecule has 28 heavy (non-hydrogen) atoms. The Balaban J connectivity index is 1.69. The predicted molar refractivity (Wildman–Crippen MR) is 116 cm³/mol. The summed E-state index contributed by atoms with van der Waals surface area (Å²) >= 11 is 21.9. The van der Waals surface area contributed by atoms with Crippen molar-refractivity contribution in [3.05, 3.63) is 67.1 Å². The van der Waals surface area contributed by atoms with Crippen molar-refractivity contribution >= 4 is 63.0 Å². The molecule has 0 saturated carbocycles. The molecule has 2 aliphatic heterocycles. The van der Waals surface area contributed by atoms with Crippen LogP contribution in [0.4, 0.5) is 0 Å². The first-order chi connectivity index (χ1) is 13.4. The monoisotopic (exact) mass is 499 g/mol. The number of hydrogen-bond donors (Lipinski definition) is 0. The van der Waals surface area contributed by atoms with E-state index < -0.39 is 11.6 Å². The van der Waals surface area contributed by atoms with Gasteiger partial charge in [-0.3, -0.25) is 0 Å². The summed E-state index contributed by atoms with van der Waals surface area (Å²) in [5.41, 5.74) is 1.02. The molecule has 1 radical (unpaired) electrons. The van der Waals surface area contributed by atoms with Crippen LogP contribution in [-0.4, -0.2) is 24.4 Å². The number of halogens is 4. The van der Waals surface area contributed by atoms with Gasteiger partial charge in [0.2, 0.25) is 5.90 Å². The van der Waals surface area contributed by atoms with E-state index in [4.69, 9.17) is 49.3 Å². The van der Waals surface area contributed by atoms with Gasteiger partial charge >= 0.3 is 0 Å². The minimum atomic E-state index is -0.801. The number of aliphatic imine (C=N–C) groups is 2. The van der Waals surface area contributed by atoms with Gasteiger partial charge in [-0.25, -0.2) is 9.98 Å². The molecule has 8 heteroatoms. The van der Waals surface area contributed by atoms with Gasteiger partial charge in [-0.05, 0) is 57.7 Å². The first-order valence-electron chi connectivity index (χ1n) is 8.68. The lowest BCUT2D eigenvalue weighted by atomic mass is 9.85. The van der Waals surface area contributed by atoms with Crippen LogP contribution in [0.1, 0.15) is 36.6 Å². The molecule has 0 fully saturated rings. The van der Waals surface area contributed by atoms with Crippen molar-refractivity contribution in [3.8, 4) is 0 Å².